The van der Waals surface area contributed by atoms with Crippen molar-refractivity contribution in [3.63, 3.8) is 0 Å². The smallest absolute Gasteiger partial charge is 0.336 e. The summed E-state index contributed by atoms with van der Waals surface area (Å²) in [6.45, 7) is 1.94. The topological polar surface area (TPSA) is 112 Å². The van der Waals surface area contributed by atoms with E-state index >= 15 is 0 Å². The lowest BCUT2D eigenvalue weighted by atomic mass is 10.1. The molecule has 1 aromatic heterocycles. The molecule has 0 saturated heterocycles. The van der Waals surface area contributed by atoms with Crippen LogP contribution in [0.5, 0.6) is 5.75 Å². The molecule has 3 N–H and O–H groups in total. The molecule has 2 amide bonds. The average molecular weight is 366 g/mol. The van der Waals surface area contributed by atoms with Crippen molar-refractivity contribution in [2.24, 2.45) is 5.73 Å². The van der Waals surface area contributed by atoms with Gasteiger partial charge in [-0.05, 0) is 42.3 Å². The molecule has 0 aliphatic carbocycles. The molecule has 0 bridgehead atoms. The lowest BCUT2D eigenvalue weighted by molar-refractivity contribution is -0.123. The van der Waals surface area contributed by atoms with Crippen LogP contribution in [0, 0.1) is 6.92 Å². The second-order valence-corrected chi connectivity index (χ2v) is 6.03. The number of nitrogens with two attached hydrogens (primary N) is 1. The van der Waals surface area contributed by atoms with Crippen molar-refractivity contribution in [2.45, 2.75) is 13.5 Å². The predicted octanol–water partition coefficient (Wildman–Crippen LogP) is 1.90. The molecule has 1 heterocycles. The van der Waals surface area contributed by atoms with Crippen molar-refractivity contribution in [1.29, 1.82) is 0 Å². The Balaban J connectivity index is 1.56. The van der Waals surface area contributed by atoms with E-state index in [2.05, 4.69) is 5.32 Å². The van der Waals surface area contributed by atoms with Crippen LogP contribution in [-0.2, 0) is 11.3 Å². The summed E-state index contributed by atoms with van der Waals surface area (Å²) < 4.78 is 10.6. The molecule has 0 radical (unpaired) electrons. The Hall–Kier alpha value is -3.61. The average Bonchev–Trinajstić information content (AvgIpc) is 2.64. The Morgan fingerprint density at radius 2 is 1.85 bits per heavy atom. The predicted molar refractivity (Wildman–Crippen MR) is 99.5 cm³/mol. The van der Waals surface area contributed by atoms with E-state index in [0.29, 0.717) is 23.4 Å². The summed E-state index contributed by atoms with van der Waals surface area (Å²) in [7, 11) is 0. The van der Waals surface area contributed by atoms with E-state index in [-0.39, 0.29) is 12.5 Å². The van der Waals surface area contributed by atoms with Gasteiger partial charge in [0.1, 0.15) is 11.3 Å². The molecule has 138 valence electrons. The van der Waals surface area contributed by atoms with Gasteiger partial charge in [-0.2, -0.15) is 0 Å². The molecular formula is C20H18N2O5. The summed E-state index contributed by atoms with van der Waals surface area (Å²) in [6.07, 6.45) is 0. The molecule has 3 rings (SSSR count). The van der Waals surface area contributed by atoms with Gasteiger partial charge in [-0.15, -0.1) is 0 Å². The fourth-order valence-corrected chi connectivity index (χ4v) is 2.58. The number of nitrogens with one attached hydrogen (secondary N) is 1. The zero-order chi connectivity index (χ0) is 19.4. The number of carbonyl (C=O) groups excluding carboxylic acids is 2. The monoisotopic (exact) mass is 366 g/mol. The number of amides is 2. The first-order valence-electron chi connectivity index (χ1n) is 8.25. The van der Waals surface area contributed by atoms with E-state index < -0.39 is 11.5 Å². The van der Waals surface area contributed by atoms with Crippen LogP contribution in [0.25, 0.3) is 11.0 Å². The summed E-state index contributed by atoms with van der Waals surface area (Å²) in [5.74, 6) is -0.377. The molecule has 0 aliphatic rings. The summed E-state index contributed by atoms with van der Waals surface area (Å²) in [5.41, 5.74) is 7.21. The van der Waals surface area contributed by atoms with Crippen molar-refractivity contribution < 1.29 is 18.7 Å². The second-order valence-electron chi connectivity index (χ2n) is 6.03. The van der Waals surface area contributed by atoms with Gasteiger partial charge >= 0.3 is 5.63 Å². The molecule has 0 fully saturated rings. The van der Waals surface area contributed by atoms with Crippen LogP contribution < -0.4 is 21.4 Å². The van der Waals surface area contributed by atoms with Crippen molar-refractivity contribution in [2.75, 3.05) is 6.61 Å². The summed E-state index contributed by atoms with van der Waals surface area (Å²) in [4.78, 5) is 34.4. The third kappa shape index (κ3) is 4.52. The number of fused-ring (bicyclic) bond motifs is 1. The van der Waals surface area contributed by atoms with Gasteiger partial charge in [-0.25, -0.2) is 4.79 Å². The van der Waals surface area contributed by atoms with Crippen LogP contribution in [-0.4, -0.2) is 18.4 Å². The number of primary amides is 1. The maximum atomic E-state index is 12.0. The highest BCUT2D eigenvalue weighted by molar-refractivity contribution is 5.92. The number of hydrogen-bond donors (Lipinski definition) is 2. The van der Waals surface area contributed by atoms with Crippen molar-refractivity contribution in [3.8, 4) is 5.75 Å². The van der Waals surface area contributed by atoms with E-state index in [1.807, 2.05) is 6.92 Å². The molecule has 3 aromatic rings. The van der Waals surface area contributed by atoms with Gasteiger partial charge in [0.15, 0.2) is 6.61 Å². The fraction of sp³-hybridized carbons (Fsp3) is 0.150. The lowest BCUT2D eigenvalue weighted by Gasteiger charge is -2.09. The number of benzene rings is 2. The van der Waals surface area contributed by atoms with E-state index in [1.54, 1.807) is 42.5 Å². The largest absolute Gasteiger partial charge is 0.484 e. The molecule has 7 heteroatoms. The highest BCUT2D eigenvalue weighted by Crippen LogP contribution is 2.22. The highest BCUT2D eigenvalue weighted by atomic mass is 16.5. The van der Waals surface area contributed by atoms with E-state index in [4.69, 9.17) is 14.9 Å². The SMILES string of the molecule is Cc1cc(=O)oc2cc(OCC(=O)NCc3ccc(C(N)=O)cc3)ccc12. The third-order valence-corrected chi connectivity index (χ3v) is 4.02. The quantitative estimate of drug-likeness (QED) is 0.647. The molecule has 0 spiro atoms. The molecule has 27 heavy (non-hydrogen) atoms. The summed E-state index contributed by atoms with van der Waals surface area (Å²) in [6, 6.07) is 13.1. The van der Waals surface area contributed by atoms with Gasteiger partial charge in [0.05, 0.1) is 0 Å². The van der Waals surface area contributed by atoms with Crippen LogP contribution >= 0.6 is 0 Å². The maximum Gasteiger partial charge on any atom is 0.336 e. The third-order valence-electron chi connectivity index (χ3n) is 4.02. The van der Waals surface area contributed by atoms with Crippen LogP contribution in [0.1, 0.15) is 21.5 Å². The van der Waals surface area contributed by atoms with Crippen LogP contribution in [0.15, 0.2) is 57.7 Å². The standard InChI is InChI=1S/C20H18N2O5/c1-12-8-19(24)27-17-9-15(6-7-16(12)17)26-11-18(23)22-10-13-2-4-14(5-3-13)20(21)25/h2-9H,10-11H2,1H3,(H2,21,25)(H,22,23). The minimum absolute atomic E-state index is 0.180. The number of carbonyl (C=O) groups is 2. The van der Waals surface area contributed by atoms with Crippen molar-refractivity contribution >= 4 is 22.8 Å². The van der Waals surface area contributed by atoms with Gasteiger partial charge in [-0.1, -0.05) is 12.1 Å². The minimum Gasteiger partial charge on any atom is -0.484 e. The molecule has 7 nitrogen and oxygen atoms in total. The first kappa shape index (κ1) is 18.2. The van der Waals surface area contributed by atoms with Gasteiger partial charge in [0.2, 0.25) is 5.91 Å². The summed E-state index contributed by atoms with van der Waals surface area (Å²) >= 11 is 0. The normalized spacial score (nSPS) is 10.6. The number of aryl methyl sites for hydroxylation is 1. The minimum atomic E-state index is -0.500. The maximum absolute atomic E-state index is 12.0. The van der Waals surface area contributed by atoms with Crippen molar-refractivity contribution in [3.05, 3.63) is 75.6 Å². The van der Waals surface area contributed by atoms with E-state index in [9.17, 15) is 14.4 Å². The van der Waals surface area contributed by atoms with E-state index in [1.165, 1.54) is 6.07 Å². The van der Waals surface area contributed by atoms with Gasteiger partial charge in [0, 0.05) is 29.6 Å². The van der Waals surface area contributed by atoms with Crippen LogP contribution in [0.3, 0.4) is 0 Å². The first-order chi connectivity index (χ1) is 12.9. The molecule has 0 aliphatic heterocycles. The summed E-state index contributed by atoms with van der Waals surface area (Å²) in [5, 5.41) is 3.53. The Kier molecular flexibility index (Phi) is 5.21. The molecule has 2 aromatic carbocycles. The van der Waals surface area contributed by atoms with E-state index in [0.717, 1.165) is 16.5 Å². The fourth-order valence-electron chi connectivity index (χ4n) is 2.58. The Morgan fingerprint density at radius 3 is 2.56 bits per heavy atom. The Labute approximate surface area is 154 Å². The number of ether oxygens (including phenoxy) is 1. The number of hydrogen-bond acceptors (Lipinski definition) is 5. The second kappa shape index (κ2) is 7.74. The highest BCUT2D eigenvalue weighted by Gasteiger charge is 2.07. The number of rotatable bonds is 6. The lowest BCUT2D eigenvalue weighted by Crippen LogP contribution is -2.28. The van der Waals surface area contributed by atoms with Gasteiger partial charge in [0.25, 0.3) is 5.91 Å². The Bertz CT molecular complexity index is 1050. The van der Waals surface area contributed by atoms with Crippen molar-refractivity contribution in [1.82, 2.24) is 5.32 Å². The molecule has 0 saturated carbocycles. The molecule has 0 unspecified atom stereocenters. The van der Waals surface area contributed by atoms with Crippen LogP contribution in [0.4, 0.5) is 0 Å². The van der Waals surface area contributed by atoms with Gasteiger partial charge in [-0.3, -0.25) is 9.59 Å². The Morgan fingerprint density at radius 1 is 1.11 bits per heavy atom. The zero-order valence-electron chi connectivity index (χ0n) is 14.7. The van der Waals surface area contributed by atoms with Gasteiger partial charge < -0.3 is 20.2 Å². The van der Waals surface area contributed by atoms with Crippen LogP contribution in [0.2, 0.25) is 0 Å². The first-order valence-corrected chi connectivity index (χ1v) is 8.25. The molecular weight excluding hydrogens is 348 g/mol. The zero-order valence-corrected chi connectivity index (χ0v) is 14.7. The molecule has 0 atom stereocenters.